The number of nitrogens with zero attached hydrogens (tertiary/aromatic N) is 2. The first kappa shape index (κ1) is 15.8. The predicted octanol–water partition coefficient (Wildman–Crippen LogP) is 2.76. The summed E-state index contributed by atoms with van der Waals surface area (Å²) in [7, 11) is 0. The smallest absolute Gasteiger partial charge is 0.335 e. The summed E-state index contributed by atoms with van der Waals surface area (Å²) in [6.45, 7) is 7.82. The maximum atomic E-state index is 11.7. The number of carboxylic acids is 1. The van der Waals surface area contributed by atoms with Gasteiger partial charge >= 0.3 is 5.97 Å². The molecule has 1 aliphatic heterocycles. The minimum Gasteiger partial charge on any atom is -0.478 e. The predicted molar refractivity (Wildman–Crippen MR) is 88.0 cm³/mol. The Hall–Kier alpha value is -2.11. The number of hydrazine groups is 1. The average molecular weight is 314 g/mol. The summed E-state index contributed by atoms with van der Waals surface area (Å²) in [4.78, 5) is 11.7. The second-order valence-electron chi connectivity index (χ2n) is 6.35. The summed E-state index contributed by atoms with van der Waals surface area (Å²) in [6.07, 6.45) is 1.13. The lowest BCUT2D eigenvalue weighted by molar-refractivity contribution is -0.133. The first-order chi connectivity index (χ1) is 10.8. The number of aliphatic carboxylic acids is 1. The van der Waals surface area contributed by atoms with Crippen molar-refractivity contribution in [2.75, 3.05) is 0 Å². The number of allylic oxidation sites excluding steroid dienone is 1. The van der Waals surface area contributed by atoms with E-state index in [-0.39, 0.29) is 12.1 Å². The van der Waals surface area contributed by atoms with Crippen LogP contribution < -0.4 is 0 Å². The van der Waals surface area contributed by atoms with Gasteiger partial charge in [0.1, 0.15) is 6.10 Å². The third kappa shape index (κ3) is 2.28. The minimum atomic E-state index is -0.893. The third-order valence-corrected chi connectivity index (χ3v) is 4.61. The Kier molecular flexibility index (Phi) is 3.78. The van der Waals surface area contributed by atoms with Gasteiger partial charge in [-0.2, -0.15) is 0 Å². The number of hydrogen-bond acceptors (Lipinski definition) is 4. The molecule has 1 heterocycles. The van der Waals surface area contributed by atoms with E-state index in [0.29, 0.717) is 11.3 Å². The van der Waals surface area contributed by atoms with Gasteiger partial charge in [-0.25, -0.2) is 9.80 Å². The largest absolute Gasteiger partial charge is 0.478 e. The summed E-state index contributed by atoms with van der Waals surface area (Å²) in [5.41, 5.74) is 3.76. The van der Waals surface area contributed by atoms with E-state index in [4.69, 9.17) is 0 Å². The van der Waals surface area contributed by atoms with Crippen molar-refractivity contribution in [1.82, 2.24) is 10.0 Å². The molecule has 1 aromatic carbocycles. The molecule has 2 N–H and O–H groups in total. The number of fused-ring (bicyclic) bond motifs is 1. The molecule has 2 unspecified atom stereocenters. The molecule has 0 saturated heterocycles. The Balaban J connectivity index is 2.14. The van der Waals surface area contributed by atoms with Crippen LogP contribution in [0.15, 0.2) is 41.6 Å². The lowest BCUT2D eigenvalue weighted by atomic mass is 10.1. The molecule has 2 aliphatic rings. The van der Waals surface area contributed by atoms with E-state index in [9.17, 15) is 15.0 Å². The zero-order chi connectivity index (χ0) is 16.9. The maximum absolute atomic E-state index is 11.7. The van der Waals surface area contributed by atoms with E-state index in [1.807, 2.05) is 57.0 Å². The quantitative estimate of drug-likeness (QED) is 0.898. The van der Waals surface area contributed by atoms with Crippen molar-refractivity contribution in [3.05, 3.63) is 52.7 Å². The summed E-state index contributed by atoms with van der Waals surface area (Å²) in [5, 5.41) is 23.9. The minimum absolute atomic E-state index is 0.127. The molecular weight excluding hydrogens is 292 g/mol. The molecular formula is C18H22N2O3. The second-order valence-corrected chi connectivity index (χ2v) is 6.35. The number of benzene rings is 1. The van der Waals surface area contributed by atoms with E-state index in [0.717, 1.165) is 16.8 Å². The van der Waals surface area contributed by atoms with Crippen molar-refractivity contribution in [3.63, 3.8) is 0 Å². The fourth-order valence-electron chi connectivity index (χ4n) is 3.71. The number of aliphatic hydroxyl groups excluding tert-OH is 1. The average Bonchev–Trinajstić information content (AvgIpc) is 2.94. The van der Waals surface area contributed by atoms with Crippen molar-refractivity contribution in [2.24, 2.45) is 0 Å². The van der Waals surface area contributed by atoms with Crippen LogP contribution in [-0.2, 0) is 4.79 Å². The van der Waals surface area contributed by atoms with Crippen LogP contribution in [-0.4, -0.2) is 38.3 Å². The van der Waals surface area contributed by atoms with Gasteiger partial charge in [-0.05, 0) is 39.3 Å². The Labute approximate surface area is 136 Å². The number of aliphatic hydroxyl groups is 1. The number of carboxylic acid groups (broad SMARTS) is 1. The molecule has 0 saturated carbocycles. The SMILES string of the molecule is CC1=C(C(=O)O)C(C)N(C(C)C)N1C1=CC(O)c2ccccc21. The van der Waals surface area contributed by atoms with Gasteiger partial charge in [0.2, 0.25) is 0 Å². The summed E-state index contributed by atoms with van der Waals surface area (Å²) < 4.78 is 0. The number of rotatable bonds is 3. The molecule has 5 heteroatoms. The number of hydrogen-bond donors (Lipinski definition) is 2. The van der Waals surface area contributed by atoms with Gasteiger partial charge in [0.05, 0.1) is 17.3 Å². The van der Waals surface area contributed by atoms with Crippen LogP contribution in [0.4, 0.5) is 0 Å². The van der Waals surface area contributed by atoms with Crippen LogP contribution in [0.2, 0.25) is 0 Å². The fraction of sp³-hybridized carbons (Fsp3) is 0.389. The highest BCUT2D eigenvalue weighted by atomic mass is 16.4. The van der Waals surface area contributed by atoms with Gasteiger partial charge in [0, 0.05) is 17.3 Å². The first-order valence-electron chi connectivity index (χ1n) is 7.86. The van der Waals surface area contributed by atoms with Crippen molar-refractivity contribution >= 4 is 11.7 Å². The van der Waals surface area contributed by atoms with Gasteiger partial charge in [0.25, 0.3) is 0 Å². The monoisotopic (exact) mass is 314 g/mol. The normalized spacial score (nSPS) is 24.4. The molecule has 0 fully saturated rings. The van der Waals surface area contributed by atoms with E-state index in [1.165, 1.54) is 0 Å². The zero-order valence-corrected chi connectivity index (χ0v) is 13.8. The molecule has 0 radical (unpaired) electrons. The summed E-state index contributed by atoms with van der Waals surface area (Å²) in [5.74, 6) is -0.893. The van der Waals surface area contributed by atoms with Crippen molar-refractivity contribution in [2.45, 2.75) is 45.9 Å². The van der Waals surface area contributed by atoms with E-state index in [1.54, 1.807) is 6.08 Å². The van der Waals surface area contributed by atoms with Gasteiger partial charge < -0.3 is 10.2 Å². The standard InChI is InChI=1S/C18H22N2O3/c1-10(2)19-11(3)17(18(22)23)12(4)20(19)15-9-16(21)14-8-6-5-7-13(14)15/h5-11,16,21H,1-4H3,(H,22,23). The second kappa shape index (κ2) is 5.51. The lowest BCUT2D eigenvalue weighted by Crippen LogP contribution is -2.45. The molecule has 122 valence electrons. The van der Waals surface area contributed by atoms with Crippen molar-refractivity contribution in [3.8, 4) is 0 Å². The summed E-state index contributed by atoms with van der Waals surface area (Å²) in [6, 6.07) is 7.60. The highest BCUT2D eigenvalue weighted by Crippen LogP contribution is 2.43. The van der Waals surface area contributed by atoms with Gasteiger partial charge in [-0.3, -0.25) is 5.01 Å². The zero-order valence-electron chi connectivity index (χ0n) is 13.8. The molecule has 0 bridgehead atoms. The molecule has 5 nitrogen and oxygen atoms in total. The van der Waals surface area contributed by atoms with Crippen LogP contribution >= 0.6 is 0 Å². The molecule has 0 amide bonds. The fourth-order valence-corrected chi connectivity index (χ4v) is 3.71. The van der Waals surface area contributed by atoms with E-state index >= 15 is 0 Å². The van der Waals surface area contributed by atoms with Crippen molar-refractivity contribution in [1.29, 1.82) is 0 Å². The molecule has 0 spiro atoms. The molecule has 3 rings (SSSR count). The summed E-state index contributed by atoms with van der Waals surface area (Å²) >= 11 is 0. The number of carbonyl (C=O) groups is 1. The lowest BCUT2D eigenvalue weighted by Gasteiger charge is -2.38. The first-order valence-corrected chi connectivity index (χ1v) is 7.86. The maximum Gasteiger partial charge on any atom is 0.335 e. The van der Waals surface area contributed by atoms with Crippen LogP contribution in [0.3, 0.4) is 0 Å². The third-order valence-electron chi connectivity index (χ3n) is 4.61. The van der Waals surface area contributed by atoms with Crippen LogP contribution in [0, 0.1) is 0 Å². The Morgan fingerprint density at radius 3 is 2.52 bits per heavy atom. The van der Waals surface area contributed by atoms with Crippen molar-refractivity contribution < 1.29 is 15.0 Å². The van der Waals surface area contributed by atoms with Gasteiger partial charge in [-0.15, -0.1) is 0 Å². The van der Waals surface area contributed by atoms with Gasteiger partial charge in [-0.1, -0.05) is 24.3 Å². The Bertz CT molecular complexity index is 721. The molecule has 23 heavy (non-hydrogen) atoms. The topological polar surface area (TPSA) is 64.0 Å². The molecule has 0 aromatic heterocycles. The highest BCUT2D eigenvalue weighted by molar-refractivity contribution is 5.90. The Morgan fingerprint density at radius 2 is 1.91 bits per heavy atom. The van der Waals surface area contributed by atoms with E-state index in [2.05, 4.69) is 5.01 Å². The van der Waals surface area contributed by atoms with Crippen LogP contribution in [0.25, 0.3) is 5.70 Å². The molecule has 1 aromatic rings. The van der Waals surface area contributed by atoms with Crippen LogP contribution in [0.1, 0.15) is 44.9 Å². The highest BCUT2D eigenvalue weighted by Gasteiger charge is 2.42. The Morgan fingerprint density at radius 1 is 1.26 bits per heavy atom. The molecule has 2 atom stereocenters. The molecule has 1 aliphatic carbocycles. The van der Waals surface area contributed by atoms with Crippen LogP contribution in [0.5, 0.6) is 0 Å². The van der Waals surface area contributed by atoms with E-state index < -0.39 is 12.1 Å². The van der Waals surface area contributed by atoms with Gasteiger partial charge in [0.15, 0.2) is 0 Å².